The molecule has 0 bridgehead atoms. The molecule has 8 heteroatoms. The standard InChI is InChI=1S/C23H24F2N2O4/c1-26(15-17-7-11-19(31-23(24)25)20(14-17)30-2)21(28)12-8-16-5-9-18(10-6-16)27-13-3-4-22(27)29/h5-12,14,23H,3-4,13,15H2,1-2H3. The molecule has 1 aliphatic heterocycles. The van der Waals surface area contributed by atoms with Crippen LogP contribution < -0.4 is 14.4 Å². The molecule has 31 heavy (non-hydrogen) atoms. The van der Waals surface area contributed by atoms with E-state index in [0.717, 1.165) is 24.2 Å². The van der Waals surface area contributed by atoms with E-state index in [4.69, 9.17) is 4.74 Å². The van der Waals surface area contributed by atoms with E-state index in [0.29, 0.717) is 12.0 Å². The van der Waals surface area contributed by atoms with Crippen LogP contribution in [0.15, 0.2) is 48.5 Å². The summed E-state index contributed by atoms with van der Waals surface area (Å²) in [4.78, 5) is 27.5. The monoisotopic (exact) mass is 430 g/mol. The van der Waals surface area contributed by atoms with Crippen LogP contribution in [0.3, 0.4) is 0 Å². The van der Waals surface area contributed by atoms with Gasteiger partial charge in [0.15, 0.2) is 11.5 Å². The number of benzene rings is 2. The van der Waals surface area contributed by atoms with E-state index in [9.17, 15) is 18.4 Å². The van der Waals surface area contributed by atoms with Crippen LogP contribution in [0.25, 0.3) is 6.08 Å². The summed E-state index contributed by atoms with van der Waals surface area (Å²) in [5, 5.41) is 0. The number of nitrogens with zero attached hydrogens (tertiary/aromatic N) is 2. The highest BCUT2D eigenvalue weighted by atomic mass is 19.3. The van der Waals surface area contributed by atoms with Crippen LogP contribution in [-0.4, -0.2) is 44.0 Å². The van der Waals surface area contributed by atoms with Crippen LogP contribution in [-0.2, 0) is 16.1 Å². The van der Waals surface area contributed by atoms with Gasteiger partial charge in [-0.25, -0.2) is 0 Å². The topological polar surface area (TPSA) is 59.1 Å². The fourth-order valence-corrected chi connectivity index (χ4v) is 3.34. The van der Waals surface area contributed by atoms with Crippen molar-refractivity contribution in [1.29, 1.82) is 0 Å². The van der Waals surface area contributed by atoms with Gasteiger partial charge in [-0.15, -0.1) is 0 Å². The van der Waals surface area contributed by atoms with Gasteiger partial charge in [0.1, 0.15) is 0 Å². The molecule has 2 amide bonds. The van der Waals surface area contributed by atoms with Crippen molar-refractivity contribution in [2.45, 2.75) is 26.0 Å². The fourth-order valence-electron chi connectivity index (χ4n) is 3.34. The highest BCUT2D eigenvalue weighted by Crippen LogP contribution is 2.30. The Balaban J connectivity index is 1.60. The summed E-state index contributed by atoms with van der Waals surface area (Å²) < 4.78 is 34.4. The summed E-state index contributed by atoms with van der Waals surface area (Å²) in [5.74, 6) is 0.0242. The summed E-state index contributed by atoms with van der Waals surface area (Å²) in [6.07, 6.45) is 4.61. The lowest BCUT2D eigenvalue weighted by molar-refractivity contribution is -0.125. The van der Waals surface area contributed by atoms with Crippen LogP contribution in [0.4, 0.5) is 14.5 Å². The summed E-state index contributed by atoms with van der Waals surface area (Å²) >= 11 is 0. The molecule has 3 rings (SSSR count). The first-order valence-corrected chi connectivity index (χ1v) is 9.82. The predicted molar refractivity (Wildman–Crippen MR) is 113 cm³/mol. The number of hydrogen-bond donors (Lipinski definition) is 0. The second-order valence-electron chi connectivity index (χ2n) is 7.13. The molecule has 1 saturated heterocycles. The van der Waals surface area contributed by atoms with Crippen LogP contribution in [0.1, 0.15) is 24.0 Å². The summed E-state index contributed by atoms with van der Waals surface area (Å²) in [6.45, 7) is -1.94. The first-order valence-electron chi connectivity index (χ1n) is 9.82. The van der Waals surface area contributed by atoms with E-state index < -0.39 is 6.61 Å². The first-order chi connectivity index (χ1) is 14.9. The van der Waals surface area contributed by atoms with Gasteiger partial charge in [0.05, 0.1) is 7.11 Å². The van der Waals surface area contributed by atoms with Crippen molar-refractivity contribution in [2.75, 3.05) is 25.6 Å². The third kappa shape index (κ3) is 5.81. The largest absolute Gasteiger partial charge is 0.493 e. The average Bonchev–Trinajstić information content (AvgIpc) is 3.18. The molecule has 6 nitrogen and oxygen atoms in total. The molecule has 0 N–H and O–H groups in total. The molecule has 0 saturated carbocycles. The van der Waals surface area contributed by atoms with Crippen molar-refractivity contribution in [3.8, 4) is 11.5 Å². The van der Waals surface area contributed by atoms with Gasteiger partial charge in [0, 0.05) is 38.3 Å². The molecule has 0 unspecified atom stereocenters. The molecule has 2 aromatic carbocycles. The van der Waals surface area contributed by atoms with Gasteiger partial charge in [-0.3, -0.25) is 9.59 Å². The predicted octanol–water partition coefficient (Wildman–Crippen LogP) is 4.10. The molecular formula is C23H24F2N2O4. The van der Waals surface area contributed by atoms with Gasteiger partial charge >= 0.3 is 6.61 Å². The van der Waals surface area contributed by atoms with Crippen molar-refractivity contribution in [1.82, 2.24) is 4.90 Å². The Morgan fingerprint density at radius 3 is 2.55 bits per heavy atom. The summed E-state index contributed by atoms with van der Waals surface area (Å²) in [7, 11) is 3.00. The van der Waals surface area contributed by atoms with Gasteiger partial charge < -0.3 is 19.3 Å². The Bertz CT molecular complexity index is 961. The lowest BCUT2D eigenvalue weighted by Crippen LogP contribution is -2.24. The Morgan fingerprint density at radius 1 is 1.19 bits per heavy atom. The lowest BCUT2D eigenvalue weighted by atomic mass is 10.1. The number of methoxy groups -OCH3 is 1. The van der Waals surface area contributed by atoms with Gasteiger partial charge in [0.2, 0.25) is 11.8 Å². The third-order valence-corrected chi connectivity index (χ3v) is 4.94. The number of likely N-dealkylation sites (N-methyl/N-ethyl adjacent to an activating group) is 1. The van der Waals surface area contributed by atoms with E-state index in [-0.39, 0.29) is 29.9 Å². The average molecular weight is 430 g/mol. The van der Waals surface area contributed by atoms with E-state index in [1.165, 1.54) is 24.2 Å². The maximum Gasteiger partial charge on any atom is 0.387 e. The number of carbonyl (C=O) groups is 2. The van der Waals surface area contributed by atoms with Crippen molar-refractivity contribution < 1.29 is 27.8 Å². The molecule has 0 spiro atoms. The van der Waals surface area contributed by atoms with Gasteiger partial charge in [-0.05, 0) is 47.9 Å². The SMILES string of the molecule is COc1cc(CN(C)C(=O)C=Cc2ccc(N3CCCC3=O)cc2)ccc1OC(F)F. The second-order valence-corrected chi connectivity index (χ2v) is 7.13. The van der Waals surface area contributed by atoms with Crippen LogP contribution in [0.2, 0.25) is 0 Å². The smallest absolute Gasteiger partial charge is 0.387 e. The normalized spacial score (nSPS) is 13.8. The van der Waals surface area contributed by atoms with Gasteiger partial charge in [0.25, 0.3) is 0 Å². The molecule has 0 aromatic heterocycles. The number of alkyl halides is 2. The summed E-state index contributed by atoms with van der Waals surface area (Å²) in [6, 6.07) is 12.0. The minimum Gasteiger partial charge on any atom is -0.493 e. The van der Waals surface area contributed by atoms with E-state index in [2.05, 4.69) is 4.74 Å². The number of carbonyl (C=O) groups excluding carboxylic acids is 2. The zero-order valence-electron chi connectivity index (χ0n) is 17.4. The molecule has 0 aliphatic carbocycles. The third-order valence-electron chi connectivity index (χ3n) is 4.94. The van der Waals surface area contributed by atoms with Crippen molar-refractivity contribution >= 4 is 23.6 Å². The number of amides is 2. The van der Waals surface area contributed by atoms with Crippen molar-refractivity contribution in [3.63, 3.8) is 0 Å². The Labute approximate surface area is 179 Å². The molecule has 1 heterocycles. The van der Waals surface area contributed by atoms with Crippen molar-refractivity contribution in [3.05, 3.63) is 59.7 Å². The lowest BCUT2D eigenvalue weighted by Gasteiger charge is -2.17. The number of halogens is 2. The Hall–Kier alpha value is -3.42. The number of hydrogen-bond acceptors (Lipinski definition) is 4. The minimum atomic E-state index is -2.95. The summed E-state index contributed by atoms with van der Waals surface area (Å²) in [5.41, 5.74) is 2.41. The van der Waals surface area contributed by atoms with E-state index in [1.807, 2.05) is 24.3 Å². The number of ether oxygens (including phenoxy) is 2. The first kappa shape index (κ1) is 22.3. The molecule has 1 aliphatic rings. The minimum absolute atomic E-state index is 0.0609. The van der Waals surface area contributed by atoms with Gasteiger partial charge in [-0.1, -0.05) is 18.2 Å². The molecule has 164 valence electrons. The van der Waals surface area contributed by atoms with Crippen LogP contribution >= 0.6 is 0 Å². The van der Waals surface area contributed by atoms with Crippen molar-refractivity contribution in [2.24, 2.45) is 0 Å². The second kappa shape index (κ2) is 10.1. The van der Waals surface area contributed by atoms with E-state index >= 15 is 0 Å². The molecule has 1 fully saturated rings. The highest BCUT2D eigenvalue weighted by molar-refractivity contribution is 5.95. The number of rotatable bonds is 8. The maximum atomic E-state index is 12.4. The molecule has 2 aromatic rings. The maximum absolute atomic E-state index is 12.4. The van der Waals surface area contributed by atoms with Crippen LogP contribution in [0.5, 0.6) is 11.5 Å². The van der Waals surface area contributed by atoms with Crippen LogP contribution in [0, 0.1) is 0 Å². The molecule has 0 radical (unpaired) electrons. The Kier molecular flexibility index (Phi) is 7.23. The zero-order chi connectivity index (χ0) is 22.4. The Morgan fingerprint density at radius 2 is 1.94 bits per heavy atom. The zero-order valence-corrected chi connectivity index (χ0v) is 17.4. The molecular weight excluding hydrogens is 406 g/mol. The van der Waals surface area contributed by atoms with Gasteiger partial charge in [-0.2, -0.15) is 8.78 Å². The molecule has 0 atom stereocenters. The van der Waals surface area contributed by atoms with E-state index in [1.54, 1.807) is 30.2 Å². The highest BCUT2D eigenvalue weighted by Gasteiger charge is 2.21. The fraction of sp³-hybridized carbons (Fsp3) is 0.304. The quantitative estimate of drug-likeness (QED) is 0.592. The number of anilines is 1.